The van der Waals surface area contributed by atoms with Crippen LogP contribution in [0.3, 0.4) is 0 Å². The lowest BCUT2D eigenvalue weighted by molar-refractivity contribution is -0.318. The quantitative estimate of drug-likeness (QED) is 0.270. The highest BCUT2D eigenvalue weighted by molar-refractivity contribution is 5.78. The molecule has 0 aromatic rings. The van der Waals surface area contributed by atoms with Gasteiger partial charge in [-0.1, -0.05) is 37.3 Å². The first-order valence-electron chi connectivity index (χ1n) is 18.8. The summed E-state index contributed by atoms with van der Waals surface area (Å²) in [5.41, 5.74) is 0.289. The van der Waals surface area contributed by atoms with Crippen LogP contribution in [0.2, 0.25) is 0 Å². The Morgan fingerprint density at radius 3 is 2.35 bits per heavy atom. The van der Waals surface area contributed by atoms with Crippen LogP contribution in [-0.4, -0.2) is 134 Å². The number of methoxy groups -OCH3 is 2. The SMILES string of the molecule is COC1C[C@H](OC2C(C)=CC[C@@H]3C[C@@H](CCO3)OC(=O)[C@@H]3C=C(C)[C@@H](O)[C@H]4OCC(=CC=CC2C)C43O)O[C@@H](C)[C@@H]1OC1C[C@H](OC)[C@@H](O)[C@H](C)O1. The van der Waals surface area contributed by atoms with Gasteiger partial charge in [-0.2, -0.15) is 0 Å². The van der Waals surface area contributed by atoms with E-state index in [1.165, 1.54) is 0 Å². The number of aliphatic hydroxyl groups excluding tert-OH is 2. The number of carbonyl (C=O) groups excluding carboxylic acids is 1. The Morgan fingerprint density at radius 2 is 1.60 bits per heavy atom. The van der Waals surface area contributed by atoms with E-state index < -0.39 is 72.8 Å². The van der Waals surface area contributed by atoms with Crippen LogP contribution in [0.4, 0.5) is 0 Å². The molecule has 52 heavy (non-hydrogen) atoms. The fourth-order valence-electron chi connectivity index (χ4n) is 8.54. The fourth-order valence-corrected chi connectivity index (χ4v) is 8.54. The van der Waals surface area contributed by atoms with E-state index in [0.29, 0.717) is 49.9 Å². The van der Waals surface area contributed by atoms with E-state index in [1.807, 2.05) is 26.0 Å². The number of allylic oxidation sites excluding steroid dienone is 2. The van der Waals surface area contributed by atoms with Crippen LogP contribution in [0.5, 0.6) is 0 Å². The van der Waals surface area contributed by atoms with Crippen LogP contribution < -0.4 is 0 Å². The Balaban J connectivity index is 1.23. The molecule has 13 heteroatoms. The van der Waals surface area contributed by atoms with Gasteiger partial charge in [-0.15, -0.1) is 0 Å². The van der Waals surface area contributed by atoms with Crippen molar-refractivity contribution in [1.82, 2.24) is 0 Å². The van der Waals surface area contributed by atoms with E-state index in [-0.39, 0.29) is 36.9 Å². The summed E-state index contributed by atoms with van der Waals surface area (Å²) in [5.74, 6) is -1.70. The van der Waals surface area contributed by atoms with Crippen LogP contribution in [0, 0.1) is 11.8 Å². The lowest BCUT2D eigenvalue weighted by Crippen LogP contribution is -2.57. The zero-order chi connectivity index (χ0) is 37.3. The first kappa shape index (κ1) is 39.7. The summed E-state index contributed by atoms with van der Waals surface area (Å²) in [6, 6.07) is 0. The smallest absolute Gasteiger partial charge is 0.316 e. The topological polar surface area (TPSA) is 161 Å². The second kappa shape index (κ2) is 16.8. The summed E-state index contributed by atoms with van der Waals surface area (Å²) >= 11 is 0. The number of hydrogen-bond donors (Lipinski definition) is 3. The number of carbonyl (C=O) groups is 1. The monoisotopic (exact) mass is 734 g/mol. The first-order chi connectivity index (χ1) is 24.8. The minimum Gasteiger partial charge on any atom is -0.462 e. The summed E-state index contributed by atoms with van der Waals surface area (Å²) < 4.78 is 55.0. The van der Waals surface area contributed by atoms with Crippen molar-refractivity contribution in [3.05, 3.63) is 47.1 Å². The van der Waals surface area contributed by atoms with E-state index in [2.05, 4.69) is 13.0 Å². The number of aliphatic hydroxyl groups is 3. The Bertz CT molecular complexity index is 1380. The predicted octanol–water partition coefficient (Wildman–Crippen LogP) is 3.04. The van der Waals surface area contributed by atoms with Gasteiger partial charge in [0.25, 0.3) is 0 Å². The molecule has 292 valence electrons. The molecule has 0 aromatic heterocycles. The molecule has 4 saturated heterocycles. The summed E-state index contributed by atoms with van der Waals surface area (Å²) in [6.45, 7) is 10.1. The molecule has 0 aromatic carbocycles. The minimum absolute atomic E-state index is 0.0625. The van der Waals surface area contributed by atoms with Crippen LogP contribution in [-0.2, 0) is 47.4 Å². The number of rotatable bonds is 6. The van der Waals surface area contributed by atoms with Crippen molar-refractivity contribution >= 4 is 5.97 Å². The molecule has 0 radical (unpaired) electrons. The van der Waals surface area contributed by atoms with Crippen molar-refractivity contribution in [3.63, 3.8) is 0 Å². The molecule has 16 atom stereocenters. The number of ether oxygens (including phenoxy) is 9. The van der Waals surface area contributed by atoms with Gasteiger partial charge in [0.15, 0.2) is 12.6 Å². The van der Waals surface area contributed by atoms with Crippen LogP contribution in [0.15, 0.2) is 47.1 Å². The maximum atomic E-state index is 13.7. The molecule has 6 rings (SSSR count). The van der Waals surface area contributed by atoms with Gasteiger partial charge in [0.2, 0.25) is 0 Å². The standard InChI is InChI=1S/C39H58O13/c1-20-9-8-10-25-19-47-37-33(40)22(3)15-28(39(25,37)43)38(42)50-27-13-14-46-26(16-27)12-11-21(2)35(20)51-32-18-30(45-7)36(24(5)49-32)52-31-17-29(44-6)34(41)23(4)48-31/h8-11,15,20,23-24,26-37,40-41,43H,12-14,16-19H2,1-7H3/t20?,23-,24-,26+,27+,28-,29-,30?,31?,32-,33+,34-,35?,36-,37+,39?/m0/s1. The Morgan fingerprint density at radius 1 is 0.885 bits per heavy atom. The second-order valence-electron chi connectivity index (χ2n) is 15.3. The van der Waals surface area contributed by atoms with E-state index in [9.17, 15) is 20.1 Å². The molecular formula is C39H58O13. The Labute approximate surface area is 306 Å². The largest absolute Gasteiger partial charge is 0.462 e. The van der Waals surface area contributed by atoms with E-state index in [0.717, 1.165) is 5.57 Å². The summed E-state index contributed by atoms with van der Waals surface area (Å²) in [4.78, 5) is 13.7. The molecule has 5 unspecified atom stereocenters. The summed E-state index contributed by atoms with van der Waals surface area (Å²) in [7, 11) is 3.21. The van der Waals surface area contributed by atoms with Gasteiger partial charge in [-0.3, -0.25) is 4.79 Å². The molecule has 0 spiro atoms. The van der Waals surface area contributed by atoms with Crippen molar-refractivity contribution in [2.24, 2.45) is 11.8 Å². The van der Waals surface area contributed by atoms with Gasteiger partial charge in [0, 0.05) is 45.8 Å². The lowest BCUT2D eigenvalue weighted by Gasteiger charge is -2.44. The van der Waals surface area contributed by atoms with Crippen molar-refractivity contribution in [2.45, 2.75) is 152 Å². The highest BCUT2D eigenvalue weighted by Crippen LogP contribution is 2.46. The normalized spacial score (nSPS) is 46.1. The van der Waals surface area contributed by atoms with Gasteiger partial charge < -0.3 is 58.0 Å². The van der Waals surface area contributed by atoms with Gasteiger partial charge >= 0.3 is 5.97 Å². The third kappa shape index (κ3) is 8.16. The van der Waals surface area contributed by atoms with Gasteiger partial charge in [-0.05, 0) is 50.8 Å². The van der Waals surface area contributed by atoms with E-state index in [4.69, 9.17) is 42.6 Å². The number of fused-ring (bicyclic) bond motifs is 2. The summed E-state index contributed by atoms with van der Waals surface area (Å²) in [5, 5.41) is 33.5. The number of hydrogen-bond acceptors (Lipinski definition) is 13. The van der Waals surface area contributed by atoms with Crippen LogP contribution in [0.25, 0.3) is 0 Å². The third-order valence-electron chi connectivity index (χ3n) is 11.7. The molecule has 0 amide bonds. The van der Waals surface area contributed by atoms with Gasteiger partial charge in [-0.25, -0.2) is 0 Å². The first-order valence-corrected chi connectivity index (χ1v) is 18.8. The highest BCUT2D eigenvalue weighted by Gasteiger charge is 2.59. The van der Waals surface area contributed by atoms with Crippen molar-refractivity contribution < 1.29 is 62.7 Å². The third-order valence-corrected chi connectivity index (χ3v) is 11.7. The second-order valence-corrected chi connectivity index (χ2v) is 15.3. The van der Waals surface area contributed by atoms with Crippen molar-refractivity contribution in [2.75, 3.05) is 27.4 Å². The molecule has 0 saturated carbocycles. The summed E-state index contributed by atoms with van der Waals surface area (Å²) in [6.07, 6.45) is 4.85. The lowest BCUT2D eigenvalue weighted by atomic mass is 9.71. The average Bonchev–Trinajstić information content (AvgIpc) is 3.46. The molecule has 2 bridgehead atoms. The Hall–Kier alpha value is -2.01. The minimum atomic E-state index is -1.76. The van der Waals surface area contributed by atoms with E-state index in [1.54, 1.807) is 40.2 Å². The predicted molar refractivity (Wildman–Crippen MR) is 187 cm³/mol. The highest BCUT2D eigenvalue weighted by atomic mass is 16.7. The van der Waals surface area contributed by atoms with Crippen LogP contribution in [0.1, 0.15) is 66.7 Å². The van der Waals surface area contributed by atoms with Crippen molar-refractivity contribution in [1.29, 1.82) is 0 Å². The Kier molecular flexibility index (Phi) is 12.8. The maximum absolute atomic E-state index is 13.7. The van der Waals surface area contributed by atoms with Crippen LogP contribution >= 0.6 is 0 Å². The zero-order valence-corrected chi connectivity index (χ0v) is 31.4. The molecule has 6 aliphatic rings. The molecule has 13 nitrogen and oxygen atoms in total. The molecule has 5 heterocycles. The van der Waals surface area contributed by atoms with Gasteiger partial charge in [0.1, 0.15) is 42.0 Å². The van der Waals surface area contributed by atoms with E-state index >= 15 is 0 Å². The maximum Gasteiger partial charge on any atom is 0.316 e. The zero-order valence-electron chi connectivity index (χ0n) is 31.4. The molecule has 5 aliphatic heterocycles. The molecular weight excluding hydrogens is 676 g/mol. The molecule has 1 aliphatic carbocycles. The number of esters is 1. The average molecular weight is 735 g/mol. The van der Waals surface area contributed by atoms with Crippen molar-refractivity contribution in [3.8, 4) is 0 Å². The fraction of sp³-hybridized carbons (Fsp3) is 0.769. The molecule has 4 fully saturated rings. The molecule has 3 N–H and O–H groups in total. The van der Waals surface area contributed by atoms with Gasteiger partial charge in [0.05, 0.1) is 49.8 Å².